The van der Waals surface area contributed by atoms with Crippen LogP contribution in [0, 0.1) is 13.8 Å². The lowest BCUT2D eigenvalue weighted by Crippen LogP contribution is -2.36. The predicted molar refractivity (Wildman–Crippen MR) is 122 cm³/mol. The smallest absolute Gasteiger partial charge is 0.326 e. The molecule has 0 atom stereocenters. The normalized spacial score (nSPS) is 13.3. The van der Waals surface area contributed by atoms with E-state index in [4.69, 9.17) is 4.74 Å². The van der Waals surface area contributed by atoms with Gasteiger partial charge in [0.15, 0.2) is 5.82 Å². The molecule has 2 amide bonds. The molecule has 1 aliphatic heterocycles. The number of para-hydroxylation sites is 2. The predicted octanol–water partition coefficient (Wildman–Crippen LogP) is 4.87. The summed E-state index contributed by atoms with van der Waals surface area (Å²) in [6.45, 7) is 5.31. The number of carbonyl (C=O) groups is 1. The summed E-state index contributed by atoms with van der Waals surface area (Å²) >= 11 is 0. The van der Waals surface area contributed by atoms with Crippen molar-refractivity contribution in [2.24, 2.45) is 0 Å². The maximum absolute atomic E-state index is 13.5. The highest BCUT2D eigenvalue weighted by atomic mass is 16.5. The molecule has 162 valence electrons. The largest absolute Gasteiger partial charge is 0.495 e. The molecule has 31 heavy (non-hydrogen) atoms. The monoisotopic (exact) mass is 419 g/mol. The summed E-state index contributed by atoms with van der Waals surface area (Å²) in [4.78, 5) is 15.2. The standard InChI is InChI=1S/C24H29N5O2/c1-17-12-13-20(18(2)15-17)29(24(30)25-19-9-6-7-10-21(19)31-3)16-23-27-26-22-11-5-4-8-14-28(22)23/h6-7,9-10,12-13,15H,4-5,8,11,14,16H2,1-3H3,(H,25,30). The maximum Gasteiger partial charge on any atom is 0.326 e. The number of aryl methyl sites for hydroxylation is 3. The molecule has 7 nitrogen and oxygen atoms in total. The van der Waals surface area contributed by atoms with E-state index < -0.39 is 0 Å². The Morgan fingerprint density at radius 1 is 1.13 bits per heavy atom. The van der Waals surface area contributed by atoms with Crippen LogP contribution in [0.25, 0.3) is 0 Å². The van der Waals surface area contributed by atoms with Gasteiger partial charge in [-0.15, -0.1) is 10.2 Å². The number of nitrogens with one attached hydrogen (secondary N) is 1. The number of aromatic nitrogens is 3. The van der Waals surface area contributed by atoms with Gasteiger partial charge in [0.1, 0.15) is 11.6 Å². The SMILES string of the molecule is COc1ccccc1NC(=O)N(Cc1nnc2n1CCCCC2)c1ccc(C)cc1C. The second kappa shape index (κ2) is 9.20. The van der Waals surface area contributed by atoms with Gasteiger partial charge < -0.3 is 14.6 Å². The fourth-order valence-corrected chi connectivity index (χ4v) is 4.11. The van der Waals surface area contributed by atoms with Gasteiger partial charge in [-0.1, -0.05) is 36.2 Å². The van der Waals surface area contributed by atoms with Gasteiger partial charge in [0, 0.05) is 18.7 Å². The van der Waals surface area contributed by atoms with Crippen molar-refractivity contribution >= 4 is 17.4 Å². The lowest BCUT2D eigenvalue weighted by atomic mass is 10.1. The molecule has 0 saturated carbocycles. The van der Waals surface area contributed by atoms with Crippen molar-refractivity contribution in [3.63, 3.8) is 0 Å². The number of nitrogens with zero attached hydrogens (tertiary/aromatic N) is 4. The molecule has 2 heterocycles. The van der Waals surface area contributed by atoms with Gasteiger partial charge in [-0.3, -0.25) is 4.90 Å². The zero-order valence-electron chi connectivity index (χ0n) is 18.4. The minimum atomic E-state index is -0.234. The Hall–Kier alpha value is -3.35. The Morgan fingerprint density at radius 2 is 1.97 bits per heavy atom. The highest BCUT2D eigenvalue weighted by molar-refractivity contribution is 6.02. The van der Waals surface area contributed by atoms with Crippen LogP contribution in [0.15, 0.2) is 42.5 Å². The number of fused-ring (bicyclic) bond motifs is 1. The fraction of sp³-hybridized carbons (Fsp3) is 0.375. The Morgan fingerprint density at radius 3 is 2.77 bits per heavy atom. The lowest BCUT2D eigenvalue weighted by Gasteiger charge is -2.25. The van der Waals surface area contributed by atoms with Gasteiger partial charge in [0.05, 0.1) is 19.3 Å². The van der Waals surface area contributed by atoms with E-state index in [1.54, 1.807) is 12.0 Å². The molecule has 1 aromatic heterocycles. The third-order valence-electron chi connectivity index (χ3n) is 5.72. The summed E-state index contributed by atoms with van der Waals surface area (Å²) in [5.74, 6) is 2.44. The Balaban J connectivity index is 1.68. The van der Waals surface area contributed by atoms with Crippen molar-refractivity contribution in [3.8, 4) is 5.75 Å². The number of hydrogen-bond donors (Lipinski definition) is 1. The second-order valence-electron chi connectivity index (χ2n) is 8.00. The summed E-state index contributed by atoms with van der Waals surface area (Å²) in [6, 6.07) is 13.3. The van der Waals surface area contributed by atoms with E-state index in [0.29, 0.717) is 18.0 Å². The number of benzene rings is 2. The molecule has 0 unspecified atom stereocenters. The molecule has 4 rings (SSSR count). The van der Waals surface area contributed by atoms with Crippen LogP contribution in [-0.4, -0.2) is 27.9 Å². The third-order valence-corrected chi connectivity index (χ3v) is 5.72. The average Bonchev–Trinajstić information content (AvgIpc) is 2.98. The number of urea groups is 1. The number of hydrogen-bond acceptors (Lipinski definition) is 4. The van der Waals surface area contributed by atoms with Crippen molar-refractivity contribution in [3.05, 3.63) is 65.2 Å². The van der Waals surface area contributed by atoms with E-state index in [1.807, 2.05) is 43.3 Å². The molecule has 0 saturated heterocycles. The molecule has 2 aromatic carbocycles. The molecule has 1 N–H and O–H groups in total. The van der Waals surface area contributed by atoms with Crippen LogP contribution in [0.5, 0.6) is 5.75 Å². The summed E-state index contributed by atoms with van der Waals surface area (Å²) in [5.41, 5.74) is 3.67. The van der Waals surface area contributed by atoms with Crippen LogP contribution in [0.3, 0.4) is 0 Å². The van der Waals surface area contributed by atoms with Gasteiger partial charge in [0.2, 0.25) is 0 Å². The van der Waals surface area contributed by atoms with Crippen molar-refractivity contribution in [1.82, 2.24) is 14.8 Å². The first-order valence-corrected chi connectivity index (χ1v) is 10.8. The summed E-state index contributed by atoms with van der Waals surface area (Å²) in [5, 5.41) is 11.9. The molecule has 0 fully saturated rings. The summed E-state index contributed by atoms with van der Waals surface area (Å²) in [6.07, 6.45) is 4.37. The molecule has 0 aliphatic carbocycles. The van der Waals surface area contributed by atoms with E-state index in [1.165, 1.54) is 6.42 Å². The first kappa shape index (κ1) is 20.9. The molecule has 0 radical (unpaired) electrons. The van der Waals surface area contributed by atoms with Gasteiger partial charge >= 0.3 is 6.03 Å². The van der Waals surface area contributed by atoms with Crippen LogP contribution < -0.4 is 15.0 Å². The van der Waals surface area contributed by atoms with Crippen LogP contribution in [-0.2, 0) is 19.5 Å². The first-order chi connectivity index (χ1) is 15.1. The topological polar surface area (TPSA) is 72.3 Å². The van der Waals surface area contributed by atoms with Crippen LogP contribution in [0.2, 0.25) is 0 Å². The van der Waals surface area contributed by atoms with Crippen molar-refractivity contribution in [2.45, 2.75) is 52.6 Å². The summed E-state index contributed by atoms with van der Waals surface area (Å²) < 4.78 is 7.59. The lowest BCUT2D eigenvalue weighted by molar-refractivity contribution is 0.256. The molecule has 3 aromatic rings. The van der Waals surface area contributed by atoms with E-state index in [-0.39, 0.29) is 6.03 Å². The third kappa shape index (κ3) is 4.55. The highest BCUT2D eigenvalue weighted by Crippen LogP contribution is 2.27. The van der Waals surface area contributed by atoms with Gasteiger partial charge in [-0.25, -0.2) is 4.79 Å². The molecular weight excluding hydrogens is 390 g/mol. The van der Waals surface area contributed by atoms with Crippen molar-refractivity contribution < 1.29 is 9.53 Å². The van der Waals surface area contributed by atoms with Crippen molar-refractivity contribution in [1.29, 1.82) is 0 Å². The van der Waals surface area contributed by atoms with Crippen molar-refractivity contribution in [2.75, 3.05) is 17.3 Å². The van der Waals surface area contributed by atoms with Crippen LogP contribution in [0.1, 0.15) is 42.0 Å². The van der Waals surface area contributed by atoms with Crippen LogP contribution in [0.4, 0.5) is 16.2 Å². The molecule has 7 heteroatoms. The van der Waals surface area contributed by atoms with E-state index in [9.17, 15) is 4.79 Å². The Kier molecular flexibility index (Phi) is 6.21. The maximum atomic E-state index is 13.5. The van der Waals surface area contributed by atoms with E-state index >= 15 is 0 Å². The minimum Gasteiger partial charge on any atom is -0.495 e. The molecule has 1 aliphatic rings. The number of amides is 2. The number of methoxy groups -OCH3 is 1. The highest BCUT2D eigenvalue weighted by Gasteiger charge is 2.23. The molecular formula is C24H29N5O2. The van der Waals surface area contributed by atoms with Gasteiger partial charge in [-0.05, 0) is 50.5 Å². The first-order valence-electron chi connectivity index (χ1n) is 10.8. The molecule has 0 spiro atoms. The zero-order chi connectivity index (χ0) is 21.8. The number of carbonyl (C=O) groups excluding carboxylic acids is 1. The van der Waals surface area contributed by atoms with Gasteiger partial charge in [0.25, 0.3) is 0 Å². The Bertz CT molecular complexity index is 1080. The fourth-order valence-electron chi connectivity index (χ4n) is 4.11. The quantitative estimate of drug-likeness (QED) is 0.640. The van der Waals surface area contributed by atoms with E-state index in [2.05, 4.69) is 33.1 Å². The van der Waals surface area contributed by atoms with Crippen LogP contribution >= 0.6 is 0 Å². The molecule has 0 bridgehead atoms. The minimum absolute atomic E-state index is 0.234. The summed E-state index contributed by atoms with van der Waals surface area (Å²) in [7, 11) is 1.60. The Labute approximate surface area is 183 Å². The second-order valence-corrected chi connectivity index (χ2v) is 8.00. The van der Waals surface area contributed by atoms with Gasteiger partial charge in [-0.2, -0.15) is 0 Å². The zero-order valence-corrected chi connectivity index (χ0v) is 18.4. The average molecular weight is 420 g/mol. The number of rotatable bonds is 5. The van der Waals surface area contributed by atoms with E-state index in [0.717, 1.165) is 54.3 Å². The number of anilines is 2. The number of ether oxygens (including phenoxy) is 1.